The molecule has 47 heavy (non-hydrogen) atoms. The van der Waals surface area contributed by atoms with E-state index in [2.05, 4.69) is 18.8 Å². The van der Waals surface area contributed by atoms with Crippen molar-refractivity contribution < 1.29 is 38.4 Å². The van der Waals surface area contributed by atoms with Crippen LogP contribution >= 0.6 is 11.3 Å². The van der Waals surface area contributed by atoms with Crippen molar-refractivity contribution in [2.75, 3.05) is 31.3 Å². The molecule has 3 aromatic rings. The maximum absolute atomic E-state index is 13.8. The predicted molar refractivity (Wildman–Crippen MR) is 182 cm³/mol. The normalized spacial score (nSPS) is 15.7. The highest BCUT2D eigenvalue weighted by atomic mass is 32.1. The van der Waals surface area contributed by atoms with Gasteiger partial charge in [-0.3, -0.25) is 14.5 Å². The summed E-state index contributed by atoms with van der Waals surface area (Å²) in [4.78, 5) is 46.5. The Hall–Kier alpha value is -4.38. The van der Waals surface area contributed by atoms with E-state index in [1.54, 1.807) is 49.4 Å². The Morgan fingerprint density at radius 2 is 1.64 bits per heavy atom. The van der Waals surface area contributed by atoms with E-state index >= 15 is 0 Å². The van der Waals surface area contributed by atoms with Crippen LogP contribution in [-0.2, 0) is 14.3 Å². The highest BCUT2D eigenvalue weighted by Crippen LogP contribution is 2.45. The standard InChI is InChI=1S/C36H44N2O8S/c1-7-10-18-44-26-15-12-24(13-16-26)31(39)29-30(25-14-17-27(45-19-11-8-2)28(20-25)43-9-3)38(34(41)32(29)40)36-37-23(6)33(47-36)35(42)46-21-22(4)5/h12-17,20,22,30,39H,7-11,18-19,21H2,1-6H3/t30-/m1/s1. The van der Waals surface area contributed by atoms with Crippen LogP contribution < -0.4 is 19.1 Å². The molecule has 11 heteroatoms. The third-order valence-electron chi connectivity index (χ3n) is 7.40. The van der Waals surface area contributed by atoms with Gasteiger partial charge in [0.05, 0.1) is 43.7 Å². The molecule has 1 aliphatic rings. The number of carbonyl (C=O) groups excluding carboxylic acids is 3. The Morgan fingerprint density at radius 3 is 2.28 bits per heavy atom. The van der Waals surface area contributed by atoms with Crippen LogP contribution in [0.4, 0.5) is 5.13 Å². The van der Waals surface area contributed by atoms with E-state index in [0.29, 0.717) is 53.9 Å². The molecule has 252 valence electrons. The number of nitrogens with zero attached hydrogens (tertiary/aromatic N) is 2. The maximum atomic E-state index is 13.8. The number of thiazole rings is 1. The molecule has 2 heterocycles. The molecule has 1 saturated heterocycles. The number of Topliss-reactive ketones (excluding diaryl/α,β-unsaturated/α-hetero) is 1. The van der Waals surface area contributed by atoms with E-state index in [-0.39, 0.29) is 33.9 Å². The number of carbonyl (C=O) groups is 3. The molecule has 0 aliphatic carbocycles. The van der Waals surface area contributed by atoms with Crippen molar-refractivity contribution in [2.45, 2.75) is 73.3 Å². The van der Waals surface area contributed by atoms with Crippen molar-refractivity contribution >= 4 is 39.9 Å². The quantitative estimate of drug-likeness (QED) is 0.0541. The Bertz CT molecular complexity index is 1590. The second-order valence-electron chi connectivity index (χ2n) is 11.6. The fourth-order valence-electron chi connectivity index (χ4n) is 4.94. The van der Waals surface area contributed by atoms with Gasteiger partial charge < -0.3 is 24.1 Å². The molecule has 1 amide bonds. The van der Waals surface area contributed by atoms with Gasteiger partial charge in [0.25, 0.3) is 5.78 Å². The van der Waals surface area contributed by atoms with Crippen LogP contribution in [0.2, 0.25) is 0 Å². The van der Waals surface area contributed by atoms with Crippen molar-refractivity contribution in [2.24, 2.45) is 5.92 Å². The van der Waals surface area contributed by atoms with Gasteiger partial charge in [-0.15, -0.1) is 0 Å². The first-order valence-corrected chi connectivity index (χ1v) is 17.0. The van der Waals surface area contributed by atoms with E-state index in [1.165, 1.54) is 4.90 Å². The van der Waals surface area contributed by atoms with E-state index in [9.17, 15) is 19.5 Å². The number of hydrogen-bond acceptors (Lipinski definition) is 10. The minimum absolute atomic E-state index is 0.117. The van der Waals surface area contributed by atoms with Crippen LogP contribution in [0.25, 0.3) is 5.76 Å². The number of amides is 1. The number of rotatable bonds is 16. The average Bonchev–Trinajstić information content (AvgIpc) is 3.56. The third-order valence-corrected chi connectivity index (χ3v) is 8.54. The lowest BCUT2D eigenvalue weighted by Gasteiger charge is -2.24. The second-order valence-corrected chi connectivity index (χ2v) is 12.6. The first kappa shape index (κ1) is 35.5. The SMILES string of the molecule is CCCCOc1ccc(C(O)=C2C(=O)C(=O)N(c3nc(C)c(C(=O)OCC(C)C)s3)[C@@H]2c2ccc(OCCCC)c(OCC)c2)cc1. The molecule has 1 aromatic heterocycles. The molecule has 10 nitrogen and oxygen atoms in total. The molecule has 1 atom stereocenters. The molecular weight excluding hydrogens is 620 g/mol. The molecule has 0 saturated carbocycles. The summed E-state index contributed by atoms with van der Waals surface area (Å²) < 4.78 is 23.1. The first-order chi connectivity index (χ1) is 22.6. The van der Waals surface area contributed by atoms with E-state index in [0.717, 1.165) is 37.0 Å². The number of anilines is 1. The Labute approximate surface area is 280 Å². The molecule has 0 spiro atoms. The molecule has 1 fully saturated rings. The van der Waals surface area contributed by atoms with Crippen LogP contribution in [0.3, 0.4) is 0 Å². The zero-order valence-electron chi connectivity index (χ0n) is 28.0. The first-order valence-electron chi connectivity index (χ1n) is 16.2. The number of aliphatic hydroxyl groups excluding tert-OH is 1. The van der Waals surface area contributed by atoms with Crippen molar-refractivity contribution in [3.8, 4) is 17.2 Å². The Morgan fingerprint density at radius 1 is 0.957 bits per heavy atom. The molecule has 0 bridgehead atoms. The number of esters is 1. The molecule has 2 aromatic carbocycles. The Balaban J connectivity index is 1.83. The number of aliphatic hydroxyl groups is 1. The molecule has 1 aliphatic heterocycles. The van der Waals surface area contributed by atoms with Gasteiger partial charge in [-0.1, -0.05) is 57.9 Å². The van der Waals surface area contributed by atoms with Gasteiger partial charge in [0.2, 0.25) is 0 Å². The molecule has 0 radical (unpaired) electrons. The summed E-state index contributed by atoms with van der Waals surface area (Å²) in [5.74, 6) is -0.934. The van der Waals surface area contributed by atoms with Crippen molar-refractivity contribution in [3.63, 3.8) is 0 Å². The molecular formula is C36H44N2O8S. The molecule has 1 N–H and O–H groups in total. The van der Waals surface area contributed by atoms with E-state index < -0.39 is 23.7 Å². The summed E-state index contributed by atoms with van der Waals surface area (Å²) in [5, 5.41) is 11.8. The largest absolute Gasteiger partial charge is 0.507 e. The summed E-state index contributed by atoms with van der Waals surface area (Å²) in [6.45, 7) is 13.2. The van der Waals surface area contributed by atoms with Crippen LogP contribution in [-0.4, -0.2) is 54.2 Å². The zero-order chi connectivity index (χ0) is 34.1. The minimum atomic E-state index is -1.08. The van der Waals surface area contributed by atoms with Gasteiger partial charge >= 0.3 is 11.9 Å². The minimum Gasteiger partial charge on any atom is -0.507 e. The number of hydrogen-bond donors (Lipinski definition) is 1. The van der Waals surface area contributed by atoms with Gasteiger partial charge in [0.1, 0.15) is 16.4 Å². The van der Waals surface area contributed by atoms with Crippen molar-refractivity contribution in [1.29, 1.82) is 0 Å². The number of aryl methyl sites for hydroxylation is 1. The lowest BCUT2D eigenvalue weighted by atomic mass is 9.95. The number of benzene rings is 2. The lowest BCUT2D eigenvalue weighted by Crippen LogP contribution is -2.29. The smallest absolute Gasteiger partial charge is 0.350 e. The van der Waals surface area contributed by atoms with Crippen LogP contribution in [0.15, 0.2) is 48.0 Å². The number of aromatic nitrogens is 1. The second kappa shape index (κ2) is 16.4. The summed E-state index contributed by atoms with van der Waals surface area (Å²) in [5.41, 5.74) is 1.09. The predicted octanol–water partition coefficient (Wildman–Crippen LogP) is 7.65. The topological polar surface area (TPSA) is 124 Å². The molecule has 4 rings (SSSR count). The number of ketones is 1. The number of unbranched alkanes of at least 4 members (excludes halogenated alkanes) is 2. The summed E-state index contributed by atoms with van der Waals surface area (Å²) in [6, 6.07) is 10.8. The van der Waals surface area contributed by atoms with E-state index in [4.69, 9.17) is 18.9 Å². The van der Waals surface area contributed by atoms with Gasteiger partial charge in [0.15, 0.2) is 16.6 Å². The lowest BCUT2D eigenvalue weighted by molar-refractivity contribution is -0.132. The monoisotopic (exact) mass is 664 g/mol. The maximum Gasteiger partial charge on any atom is 0.350 e. The fourth-order valence-corrected chi connectivity index (χ4v) is 5.92. The average molecular weight is 665 g/mol. The van der Waals surface area contributed by atoms with Gasteiger partial charge in [-0.25, -0.2) is 9.78 Å². The Kier molecular flexibility index (Phi) is 12.4. The summed E-state index contributed by atoms with van der Waals surface area (Å²) in [7, 11) is 0. The third kappa shape index (κ3) is 8.32. The van der Waals surface area contributed by atoms with Crippen LogP contribution in [0, 0.1) is 12.8 Å². The highest BCUT2D eigenvalue weighted by Gasteiger charge is 2.48. The highest BCUT2D eigenvalue weighted by molar-refractivity contribution is 7.17. The summed E-state index contributed by atoms with van der Waals surface area (Å²) >= 11 is 0.963. The zero-order valence-corrected chi connectivity index (χ0v) is 28.8. The van der Waals surface area contributed by atoms with Crippen LogP contribution in [0.5, 0.6) is 17.2 Å². The van der Waals surface area contributed by atoms with Gasteiger partial charge in [0, 0.05) is 5.56 Å². The van der Waals surface area contributed by atoms with Gasteiger partial charge in [-0.2, -0.15) is 0 Å². The number of ether oxygens (including phenoxy) is 4. The van der Waals surface area contributed by atoms with Crippen molar-refractivity contribution in [1.82, 2.24) is 4.98 Å². The van der Waals surface area contributed by atoms with Crippen LogP contribution in [0.1, 0.15) is 92.8 Å². The fraction of sp³-hybridized carbons (Fsp3) is 0.444. The van der Waals surface area contributed by atoms with Crippen molar-refractivity contribution in [3.05, 3.63) is 69.7 Å². The van der Waals surface area contributed by atoms with E-state index in [1.807, 2.05) is 20.8 Å². The summed E-state index contributed by atoms with van der Waals surface area (Å²) in [6.07, 6.45) is 3.73. The molecule has 0 unspecified atom stereocenters. The van der Waals surface area contributed by atoms with Gasteiger partial charge in [-0.05, 0) is 74.6 Å².